The van der Waals surface area contributed by atoms with E-state index in [1.54, 1.807) is 25.3 Å². The van der Waals surface area contributed by atoms with E-state index in [-0.39, 0.29) is 17.2 Å². The van der Waals surface area contributed by atoms with Crippen LogP contribution in [0.4, 0.5) is 4.39 Å². The Bertz CT molecular complexity index is 784. The second-order valence-electron chi connectivity index (χ2n) is 5.33. The molecule has 124 valence electrons. The van der Waals surface area contributed by atoms with Gasteiger partial charge in [-0.3, -0.25) is 4.79 Å². The van der Waals surface area contributed by atoms with Crippen molar-refractivity contribution in [2.75, 3.05) is 6.26 Å². The molecule has 2 aromatic rings. The van der Waals surface area contributed by atoms with Gasteiger partial charge in [-0.1, -0.05) is 6.07 Å². The van der Waals surface area contributed by atoms with Gasteiger partial charge >= 0.3 is 0 Å². The number of carbonyl (C=O) groups excluding carboxylic acids is 1. The van der Waals surface area contributed by atoms with Crippen molar-refractivity contribution in [3.8, 4) is 0 Å². The van der Waals surface area contributed by atoms with Crippen LogP contribution in [0.1, 0.15) is 30.7 Å². The molecule has 0 saturated carbocycles. The van der Waals surface area contributed by atoms with Gasteiger partial charge in [0.15, 0.2) is 9.84 Å². The third-order valence-corrected chi connectivity index (χ3v) is 4.54. The molecule has 0 bridgehead atoms. The molecular weight excluding hydrogens is 321 g/mol. The molecule has 2 rings (SSSR count). The van der Waals surface area contributed by atoms with Gasteiger partial charge in [-0.2, -0.15) is 0 Å². The molecule has 0 fully saturated rings. The minimum absolute atomic E-state index is 0.193. The van der Waals surface area contributed by atoms with Gasteiger partial charge in [0.1, 0.15) is 16.5 Å². The Morgan fingerprint density at radius 3 is 2.65 bits per heavy atom. The third kappa shape index (κ3) is 4.66. The fourth-order valence-electron chi connectivity index (χ4n) is 2.18. The van der Waals surface area contributed by atoms with E-state index in [0.29, 0.717) is 12.0 Å². The van der Waals surface area contributed by atoms with E-state index < -0.39 is 21.7 Å². The zero-order valence-electron chi connectivity index (χ0n) is 12.9. The summed E-state index contributed by atoms with van der Waals surface area (Å²) >= 11 is 0. The predicted molar refractivity (Wildman–Crippen MR) is 83.1 cm³/mol. The van der Waals surface area contributed by atoms with Crippen molar-refractivity contribution < 1.29 is 22.0 Å². The fourth-order valence-corrected chi connectivity index (χ4v) is 2.90. The standard InChI is InChI=1S/C16H18FNO4S/c1-11(18-16(19)8-6-13-4-3-9-22-13)12-5-7-15(14(17)10-12)23(2,20)21/h3-5,7,9-11H,6,8H2,1-2H3,(H,18,19). The summed E-state index contributed by atoms with van der Waals surface area (Å²) in [4.78, 5) is 11.5. The van der Waals surface area contributed by atoms with E-state index in [2.05, 4.69) is 5.32 Å². The van der Waals surface area contributed by atoms with Crippen LogP contribution in [-0.2, 0) is 21.1 Å². The quantitative estimate of drug-likeness (QED) is 0.878. The van der Waals surface area contributed by atoms with Gasteiger partial charge in [0.2, 0.25) is 5.91 Å². The predicted octanol–water partition coefficient (Wildman–Crippen LogP) is 2.63. The minimum Gasteiger partial charge on any atom is -0.469 e. The van der Waals surface area contributed by atoms with Crippen LogP contribution in [0.3, 0.4) is 0 Å². The van der Waals surface area contributed by atoms with Crippen molar-refractivity contribution in [3.05, 3.63) is 53.7 Å². The average molecular weight is 339 g/mol. The number of carbonyl (C=O) groups is 1. The lowest BCUT2D eigenvalue weighted by molar-refractivity contribution is -0.121. The monoisotopic (exact) mass is 339 g/mol. The van der Waals surface area contributed by atoms with Gasteiger partial charge in [-0.15, -0.1) is 0 Å². The molecule has 0 aliphatic heterocycles. The molecule has 0 aliphatic carbocycles. The zero-order valence-corrected chi connectivity index (χ0v) is 13.7. The average Bonchev–Trinajstić information content (AvgIpc) is 2.96. The topological polar surface area (TPSA) is 76.4 Å². The van der Waals surface area contributed by atoms with Gasteiger partial charge in [0.25, 0.3) is 0 Å². The number of sulfone groups is 1. The van der Waals surface area contributed by atoms with Crippen LogP contribution >= 0.6 is 0 Å². The highest BCUT2D eigenvalue weighted by Gasteiger charge is 2.17. The molecule has 1 aromatic heterocycles. The highest BCUT2D eigenvalue weighted by molar-refractivity contribution is 7.90. The molecular formula is C16H18FNO4S. The van der Waals surface area contributed by atoms with Crippen LogP contribution in [-0.4, -0.2) is 20.6 Å². The van der Waals surface area contributed by atoms with E-state index in [0.717, 1.165) is 18.1 Å². The number of amides is 1. The Morgan fingerprint density at radius 2 is 2.09 bits per heavy atom. The number of aryl methyl sites for hydroxylation is 1. The molecule has 1 aromatic carbocycles. The lowest BCUT2D eigenvalue weighted by Gasteiger charge is -2.15. The number of halogens is 1. The van der Waals surface area contributed by atoms with Crippen LogP contribution in [0.25, 0.3) is 0 Å². The van der Waals surface area contributed by atoms with E-state index in [9.17, 15) is 17.6 Å². The first-order valence-corrected chi connectivity index (χ1v) is 8.98. The molecule has 1 atom stereocenters. The normalized spacial score (nSPS) is 12.8. The number of hydrogen-bond acceptors (Lipinski definition) is 4. The molecule has 1 unspecified atom stereocenters. The van der Waals surface area contributed by atoms with E-state index in [1.807, 2.05) is 0 Å². The van der Waals surface area contributed by atoms with E-state index in [4.69, 9.17) is 4.42 Å². The maximum absolute atomic E-state index is 13.9. The van der Waals surface area contributed by atoms with Crippen molar-refractivity contribution in [2.24, 2.45) is 0 Å². The number of furan rings is 1. The Hall–Kier alpha value is -2.15. The Morgan fingerprint density at radius 1 is 1.35 bits per heavy atom. The highest BCUT2D eigenvalue weighted by atomic mass is 32.2. The van der Waals surface area contributed by atoms with Crippen molar-refractivity contribution in [1.82, 2.24) is 5.32 Å². The summed E-state index contributed by atoms with van der Waals surface area (Å²) in [6.07, 6.45) is 3.22. The van der Waals surface area contributed by atoms with Crippen LogP contribution < -0.4 is 5.32 Å². The van der Waals surface area contributed by atoms with Gasteiger partial charge in [0.05, 0.1) is 12.3 Å². The van der Waals surface area contributed by atoms with Gasteiger partial charge in [-0.05, 0) is 36.8 Å². The Balaban J connectivity index is 1.98. The summed E-state index contributed by atoms with van der Waals surface area (Å²) in [7, 11) is -3.61. The van der Waals surface area contributed by atoms with Crippen molar-refractivity contribution >= 4 is 15.7 Å². The summed E-state index contributed by atoms with van der Waals surface area (Å²) in [5, 5.41) is 2.75. The molecule has 1 amide bonds. The van der Waals surface area contributed by atoms with Crippen LogP contribution in [0, 0.1) is 5.82 Å². The van der Waals surface area contributed by atoms with E-state index >= 15 is 0 Å². The maximum Gasteiger partial charge on any atom is 0.220 e. The summed E-state index contributed by atoms with van der Waals surface area (Å²) in [5.74, 6) is -0.292. The van der Waals surface area contributed by atoms with Gasteiger partial charge in [0, 0.05) is 19.1 Å². The summed E-state index contributed by atoms with van der Waals surface area (Å²) in [6.45, 7) is 1.71. The SMILES string of the molecule is CC(NC(=O)CCc1ccco1)c1ccc(S(C)(=O)=O)c(F)c1. The molecule has 1 heterocycles. The first kappa shape index (κ1) is 17.2. The smallest absolute Gasteiger partial charge is 0.220 e. The van der Waals surface area contributed by atoms with Crippen LogP contribution in [0.15, 0.2) is 45.9 Å². The van der Waals surface area contributed by atoms with Crippen molar-refractivity contribution in [2.45, 2.75) is 30.7 Å². The maximum atomic E-state index is 13.9. The largest absolute Gasteiger partial charge is 0.469 e. The molecule has 0 radical (unpaired) electrons. The molecule has 0 spiro atoms. The highest BCUT2D eigenvalue weighted by Crippen LogP contribution is 2.20. The van der Waals surface area contributed by atoms with Crippen molar-refractivity contribution in [3.63, 3.8) is 0 Å². The Labute approximate surface area is 134 Å². The molecule has 5 nitrogen and oxygen atoms in total. The van der Waals surface area contributed by atoms with Crippen LogP contribution in [0.5, 0.6) is 0 Å². The summed E-state index contributed by atoms with van der Waals surface area (Å²) in [5.41, 5.74) is 0.501. The lowest BCUT2D eigenvalue weighted by atomic mass is 10.1. The molecule has 0 aliphatic rings. The van der Waals surface area contributed by atoms with Crippen molar-refractivity contribution in [1.29, 1.82) is 0 Å². The molecule has 23 heavy (non-hydrogen) atoms. The van der Waals surface area contributed by atoms with Gasteiger partial charge in [-0.25, -0.2) is 12.8 Å². The minimum atomic E-state index is -3.61. The lowest BCUT2D eigenvalue weighted by Crippen LogP contribution is -2.27. The second kappa shape index (κ2) is 6.95. The number of rotatable bonds is 6. The fraction of sp³-hybridized carbons (Fsp3) is 0.312. The van der Waals surface area contributed by atoms with Crippen LogP contribution in [0.2, 0.25) is 0 Å². The first-order valence-electron chi connectivity index (χ1n) is 7.08. The first-order chi connectivity index (χ1) is 10.8. The summed E-state index contributed by atoms with van der Waals surface area (Å²) in [6, 6.07) is 6.95. The van der Waals surface area contributed by atoms with E-state index in [1.165, 1.54) is 12.1 Å². The number of nitrogens with one attached hydrogen (secondary N) is 1. The number of benzene rings is 1. The molecule has 1 N–H and O–H groups in total. The number of hydrogen-bond donors (Lipinski definition) is 1. The third-order valence-electron chi connectivity index (χ3n) is 3.41. The summed E-state index contributed by atoms with van der Waals surface area (Å²) < 4.78 is 41.8. The molecule has 0 saturated heterocycles. The van der Waals surface area contributed by atoms with Gasteiger partial charge < -0.3 is 9.73 Å². The Kier molecular flexibility index (Phi) is 5.20. The zero-order chi connectivity index (χ0) is 17.0. The molecule has 7 heteroatoms. The second-order valence-corrected chi connectivity index (χ2v) is 7.31.